The molecule has 0 aliphatic heterocycles. The van der Waals surface area contributed by atoms with Gasteiger partial charge in [0.2, 0.25) is 0 Å². The smallest absolute Gasteiger partial charge is 0.183 e. The number of hydrogen-bond donors (Lipinski definition) is 1. The highest BCUT2D eigenvalue weighted by molar-refractivity contribution is 7.20. The van der Waals surface area contributed by atoms with Gasteiger partial charge < -0.3 is 0 Å². The van der Waals surface area contributed by atoms with Gasteiger partial charge >= 0.3 is 0 Å². The molecular formula is C9H7Cl2N3S. The minimum Gasteiger partial charge on any atom is -0.262 e. The van der Waals surface area contributed by atoms with Crippen LogP contribution in [0.5, 0.6) is 0 Å². The molecule has 0 amide bonds. The molecule has 2 aromatic heterocycles. The summed E-state index contributed by atoms with van der Waals surface area (Å²) >= 11 is 13.2. The summed E-state index contributed by atoms with van der Waals surface area (Å²) in [6, 6.07) is 1.80. The molecule has 0 spiro atoms. The van der Waals surface area contributed by atoms with Crippen LogP contribution in [0.25, 0.3) is 11.4 Å². The quantitative estimate of drug-likeness (QED) is 0.894. The van der Waals surface area contributed by atoms with Gasteiger partial charge in [-0.1, -0.05) is 23.2 Å². The lowest BCUT2D eigenvalue weighted by Crippen LogP contribution is -1.81. The predicted octanol–water partition coefficient (Wildman–Crippen LogP) is 3.72. The van der Waals surface area contributed by atoms with E-state index in [-0.39, 0.29) is 0 Å². The molecule has 1 fully saturated rings. The Morgan fingerprint density at radius 2 is 2.20 bits per heavy atom. The Labute approximate surface area is 100 Å². The fourth-order valence-corrected chi connectivity index (χ4v) is 2.88. The van der Waals surface area contributed by atoms with Crippen molar-refractivity contribution in [2.24, 2.45) is 0 Å². The Morgan fingerprint density at radius 1 is 1.40 bits per heavy atom. The summed E-state index contributed by atoms with van der Waals surface area (Å²) in [6.45, 7) is 0. The molecule has 3 rings (SSSR count). The number of nitrogens with zero attached hydrogens (tertiary/aromatic N) is 2. The number of hydrogen-bond acceptors (Lipinski definition) is 3. The van der Waals surface area contributed by atoms with E-state index in [9.17, 15) is 0 Å². The molecule has 0 aromatic carbocycles. The monoisotopic (exact) mass is 259 g/mol. The SMILES string of the molecule is Clc1cc(-c2n[nH]c(C3CC3)n2)c(Cl)s1. The zero-order valence-electron chi connectivity index (χ0n) is 7.63. The Hall–Kier alpha value is -0.580. The molecule has 78 valence electrons. The van der Waals surface area contributed by atoms with Crippen LogP contribution in [0.4, 0.5) is 0 Å². The van der Waals surface area contributed by atoms with Crippen molar-refractivity contribution in [2.75, 3.05) is 0 Å². The first kappa shape index (κ1) is 9.63. The summed E-state index contributed by atoms with van der Waals surface area (Å²) in [5, 5.41) is 7.09. The van der Waals surface area contributed by atoms with Crippen LogP contribution in [0.2, 0.25) is 8.67 Å². The van der Waals surface area contributed by atoms with E-state index in [1.54, 1.807) is 6.07 Å². The van der Waals surface area contributed by atoms with Crippen molar-refractivity contribution < 1.29 is 0 Å². The summed E-state index contributed by atoms with van der Waals surface area (Å²) in [5.74, 6) is 2.17. The molecule has 15 heavy (non-hydrogen) atoms. The van der Waals surface area contributed by atoms with E-state index in [0.717, 1.165) is 11.4 Å². The molecule has 0 radical (unpaired) electrons. The Bertz CT molecular complexity index is 501. The lowest BCUT2D eigenvalue weighted by atomic mass is 10.3. The molecule has 1 aliphatic rings. The Kier molecular flexibility index (Phi) is 2.23. The third-order valence-electron chi connectivity index (χ3n) is 2.36. The van der Waals surface area contributed by atoms with E-state index >= 15 is 0 Å². The average molecular weight is 260 g/mol. The van der Waals surface area contributed by atoms with Gasteiger partial charge in [-0.15, -0.1) is 11.3 Å². The maximum absolute atomic E-state index is 6.02. The summed E-state index contributed by atoms with van der Waals surface area (Å²) in [6.07, 6.45) is 2.40. The average Bonchev–Trinajstić information content (AvgIpc) is 2.83. The summed E-state index contributed by atoms with van der Waals surface area (Å²) in [4.78, 5) is 4.41. The zero-order valence-corrected chi connectivity index (χ0v) is 9.96. The van der Waals surface area contributed by atoms with Gasteiger partial charge in [-0.25, -0.2) is 4.98 Å². The van der Waals surface area contributed by atoms with Crippen LogP contribution in [0.15, 0.2) is 6.07 Å². The van der Waals surface area contributed by atoms with Crippen LogP contribution in [0.3, 0.4) is 0 Å². The molecule has 0 bridgehead atoms. The van der Waals surface area contributed by atoms with Crippen molar-refractivity contribution >= 4 is 34.5 Å². The first-order chi connectivity index (χ1) is 7.24. The van der Waals surface area contributed by atoms with Crippen molar-refractivity contribution in [3.8, 4) is 11.4 Å². The predicted molar refractivity (Wildman–Crippen MR) is 61.7 cm³/mol. The molecule has 6 heteroatoms. The largest absolute Gasteiger partial charge is 0.262 e. The number of aromatic amines is 1. The van der Waals surface area contributed by atoms with E-state index < -0.39 is 0 Å². The molecule has 1 aliphatic carbocycles. The van der Waals surface area contributed by atoms with Crippen LogP contribution in [-0.2, 0) is 0 Å². The Balaban J connectivity index is 2.00. The summed E-state index contributed by atoms with van der Waals surface area (Å²) in [5.41, 5.74) is 0.815. The molecule has 0 atom stereocenters. The van der Waals surface area contributed by atoms with Crippen LogP contribution in [0, 0.1) is 0 Å². The normalized spacial score (nSPS) is 15.9. The highest BCUT2D eigenvalue weighted by atomic mass is 35.5. The van der Waals surface area contributed by atoms with Gasteiger partial charge in [0.1, 0.15) is 10.2 Å². The molecule has 3 nitrogen and oxygen atoms in total. The maximum atomic E-state index is 6.02. The number of H-pyrrole nitrogens is 1. The highest BCUT2D eigenvalue weighted by Crippen LogP contribution is 2.40. The second-order valence-electron chi connectivity index (χ2n) is 3.56. The van der Waals surface area contributed by atoms with E-state index in [4.69, 9.17) is 23.2 Å². The van der Waals surface area contributed by atoms with Gasteiger partial charge in [-0.05, 0) is 18.9 Å². The molecule has 0 saturated heterocycles. The number of nitrogens with one attached hydrogen (secondary N) is 1. The fourth-order valence-electron chi connectivity index (χ4n) is 1.43. The molecule has 1 N–H and O–H groups in total. The fraction of sp³-hybridized carbons (Fsp3) is 0.333. The Morgan fingerprint density at radius 3 is 2.80 bits per heavy atom. The van der Waals surface area contributed by atoms with Crippen molar-refractivity contribution in [3.05, 3.63) is 20.6 Å². The molecule has 2 heterocycles. The van der Waals surface area contributed by atoms with E-state index in [1.165, 1.54) is 24.2 Å². The second-order valence-corrected chi connectivity index (χ2v) is 5.84. The first-order valence-corrected chi connectivity index (χ1v) is 6.19. The minimum absolute atomic E-state index is 0.569. The van der Waals surface area contributed by atoms with Crippen molar-refractivity contribution in [1.29, 1.82) is 0 Å². The van der Waals surface area contributed by atoms with E-state index in [1.807, 2.05) is 0 Å². The van der Waals surface area contributed by atoms with Gasteiger partial charge in [-0.2, -0.15) is 5.10 Å². The van der Waals surface area contributed by atoms with Gasteiger partial charge in [0.05, 0.1) is 9.90 Å². The van der Waals surface area contributed by atoms with Gasteiger partial charge in [0, 0.05) is 5.92 Å². The lowest BCUT2D eigenvalue weighted by Gasteiger charge is -1.88. The van der Waals surface area contributed by atoms with Crippen molar-refractivity contribution in [3.63, 3.8) is 0 Å². The molecular weight excluding hydrogens is 253 g/mol. The van der Waals surface area contributed by atoms with E-state index in [0.29, 0.717) is 20.4 Å². The topological polar surface area (TPSA) is 41.6 Å². The van der Waals surface area contributed by atoms with Crippen LogP contribution in [-0.4, -0.2) is 15.2 Å². The molecule has 2 aromatic rings. The van der Waals surface area contributed by atoms with Crippen molar-refractivity contribution in [1.82, 2.24) is 15.2 Å². The third-order valence-corrected chi connectivity index (χ3v) is 3.85. The number of halogens is 2. The number of aromatic nitrogens is 3. The van der Waals surface area contributed by atoms with Gasteiger partial charge in [0.15, 0.2) is 5.82 Å². The van der Waals surface area contributed by atoms with Gasteiger partial charge in [-0.3, -0.25) is 5.10 Å². The molecule has 1 saturated carbocycles. The number of thiophene rings is 1. The van der Waals surface area contributed by atoms with Gasteiger partial charge in [0.25, 0.3) is 0 Å². The third kappa shape index (κ3) is 1.77. The summed E-state index contributed by atoms with van der Waals surface area (Å²) < 4.78 is 1.30. The van der Waals surface area contributed by atoms with E-state index in [2.05, 4.69) is 15.2 Å². The standard InChI is InChI=1S/C9H7Cl2N3S/c10-6-3-5(7(11)15-6)9-12-8(13-14-9)4-1-2-4/h3-4H,1-2H2,(H,12,13,14). The minimum atomic E-state index is 0.569. The van der Waals surface area contributed by atoms with Crippen molar-refractivity contribution in [2.45, 2.75) is 18.8 Å². The second kappa shape index (κ2) is 3.47. The summed E-state index contributed by atoms with van der Waals surface area (Å²) in [7, 11) is 0. The van der Waals surface area contributed by atoms with Crippen LogP contribution in [0.1, 0.15) is 24.6 Å². The van der Waals surface area contributed by atoms with Crippen LogP contribution < -0.4 is 0 Å². The maximum Gasteiger partial charge on any atom is 0.183 e. The van der Waals surface area contributed by atoms with Crippen LogP contribution >= 0.6 is 34.5 Å². The molecule has 0 unspecified atom stereocenters. The number of rotatable bonds is 2. The highest BCUT2D eigenvalue weighted by Gasteiger charge is 2.27. The lowest BCUT2D eigenvalue weighted by molar-refractivity contribution is 0.935. The zero-order chi connectivity index (χ0) is 10.4. The first-order valence-electron chi connectivity index (χ1n) is 4.61.